The van der Waals surface area contributed by atoms with Crippen LogP contribution in [0.3, 0.4) is 0 Å². The Morgan fingerprint density at radius 2 is 1.72 bits per heavy atom. The molecule has 0 saturated heterocycles. The number of benzene rings is 2. The van der Waals surface area contributed by atoms with Crippen molar-refractivity contribution < 1.29 is 13.2 Å². The normalized spacial score (nSPS) is 11.3. The van der Waals surface area contributed by atoms with Gasteiger partial charge in [0, 0.05) is 12.2 Å². The van der Waals surface area contributed by atoms with Crippen LogP contribution in [-0.4, -0.2) is 26.0 Å². The van der Waals surface area contributed by atoms with Crippen LogP contribution in [-0.2, 0) is 10.0 Å². The van der Waals surface area contributed by atoms with Crippen molar-refractivity contribution in [3.8, 4) is 11.1 Å². The molecule has 0 bridgehead atoms. The monoisotopic (exact) mass is 430 g/mol. The van der Waals surface area contributed by atoms with E-state index in [1.165, 1.54) is 4.90 Å². The minimum Gasteiger partial charge on any atom is -0.307 e. The Hall–Kier alpha value is -2.75. The molecular weight excluding hydrogens is 408 g/mol. The van der Waals surface area contributed by atoms with Crippen molar-refractivity contribution in [2.45, 2.75) is 24.5 Å². The third kappa shape index (κ3) is 5.00. The van der Waals surface area contributed by atoms with Crippen molar-refractivity contribution in [1.29, 1.82) is 0 Å². The third-order valence-corrected chi connectivity index (χ3v) is 6.90. The first-order valence-electron chi connectivity index (χ1n) is 9.04. The summed E-state index contributed by atoms with van der Waals surface area (Å²) in [5.41, 5.74) is 3.05. The minimum absolute atomic E-state index is 0.0337. The van der Waals surface area contributed by atoms with E-state index in [1.54, 1.807) is 6.92 Å². The van der Waals surface area contributed by atoms with Gasteiger partial charge in [0.05, 0.1) is 5.69 Å². The van der Waals surface area contributed by atoms with Crippen molar-refractivity contribution in [2.24, 2.45) is 5.14 Å². The average molecular weight is 431 g/mol. The smallest absolute Gasteiger partial charge is 0.307 e. The maximum Gasteiger partial charge on any atom is 0.328 e. The number of primary sulfonamides is 1. The fourth-order valence-corrected chi connectivity index (χ4v) is 4.80. The number of aromatic nitrogens is 1. The molecule has 0 radical (unpaired) electrons. The summed E-state index contributed by atoms with van der Waals surface area (Å²) in [5.74, 6) is 0. The SMILES string of the molecule is CCCN(C(=O)Nc1ccc(-c2ccccc2)cc1)c1nc(C)c(S(N)(=O)=O)s1. The molecule has 2 aromatic carbocycles. The van der Waals surface area contributed by atoms with Crippen LogP contribution >= 0.6 is 11.3 Å². The van der Waals surface area contributed by atoms with E-state index in [2.05, 4.69) is 10.3 Å². The molecule has 3 rings (SSSR count). The number of rotatable bonds is 6. The Morgan fingerprint density at radius 3 is 2.28 bits per heavy atom. The number of anilines is 2. The number of nitrogens with one attached hydrogen (secondary N) is 1. The number of hydrogen-bond donors (Lipinski definition) is 2. The molecule has 0 saturated carbocycles. The fraction of sp³-hybridized carbons (Fsp3) is 0.200. The van der Waals surface area contributed by atoms with Gasteiger partial charge >= 0.3 is 6.03 Å². The van der Waals surface area contributed by atoms with E-state index in [-0.39, 0.29) is 15.9 Å². The van der Waals surface area contributed by atoms with Crippen LogP contribution < -0.4 is 15.4 Å². The van der Waals surface area contributed by atoms with Crippen LogP contribution in [0.4, 0.5) is 15.6 Å². The zero-order valence-corrected chi connectivity index (χ0v) is 17.8. The van der Waals surface area contributed by atoms with E-state index in [0.717, 1.165) is 22.5 Å². The molecule has 0 spiro atoms. The number of amides is 2. The van der Waals surface area contributed by atoms with Crippen molar-refractivity contribution >= 4 is 38.2 Å². The Balaban J connectivity index is 1.80. The Labute approximate surface area is 174 Å². The molecule has 0 unspecified atom stereocenters. The fourth-order valence-electron chi connectivity index (χ4n) is 2.82. The molecule has 0 atom stereocenters. The number of sulfonamides is 1. The molecule has 0 fully saturated rings. The molecular formula is C20H22N4O3S2. The standard InChI is InChI=1S/C20H22N4O3S2/c1-3-13-24(20-22-14(2)18(28-20)29(21,26)27)19(25)23-17-11-9-16(10-12-17)15-7-5-4-6-8-15/h4-12H,3,13H2,1-2H3,(H,23,25)(H2,21,26,27). The van der Waals surface area contributed by atoms with E-state index in [4.69, 9.17) is 5.14 Å². The van der Waals surface area contributed by atoms with E-state index in [0.29, 0.717) is 23.8 Å². The number of aryl methyl sites for hydroxylation is 1. The van der Waals surface area contributed by atoms with E-state index in [1.807, 2.05) is 61.5 Å². The van der Waals surface area contributed by atoms with Gasteiger partial charge in [0.25, 0.3) is 0 Å². The summed E-state index contributed by atoms with van der Waals surface area (Å²) in [6.45, 7) is 3.88. The molecule has 9 heteroatoms. The summed E-state index contributed by atoms with van der Waals surface area (Å²) >= 11 is 0.894. The lowest BCUT2D eigenvalue weighted by molar-refractivity contribution is 0.257. The number of thiazole rings is 1. The number of hydrogen-bond acceptors (Lipinski definition) is 5. The highest BCUT2D eigenvalue weighted by Crippen LogP contribution is 2.30. The Morgan fingerprint density at radius 1 is 1.10 bits per heavy atom. The summed E-state index contributed by atoms with van der Waals surface area (Å²) < 4.78 is 23.3. The molecule has 152 valence electrons. The minimum atomic E-state index is -3.88. The lowest BCUT2D eigenvalue weighted by Crippen LogP contribution is -2.35. The molecule has 3 N–H and O–H groups in total. The highest BCUT2D eigenvalue weighted by molar-refractivity contribution is 7.91. The third-order valence-electron chi connectivity index (χ3n) is 4.17. The lowest BCUT2D eigenvalue weighted by atomic mass is 10.1. The van der Waals surface area contributed by atoms with E-state index in [9.17, 15) is 13.2 Å². The van der Waals surface area contributed by atoms with E-state index >= 15 is 0 Å². The second-order valence-corrected chi connectivity index (χ2v) is 9.17. The number of carbonyl (C=O) groups excluding carboxylic acids is 1. The molecule has 1 aromatic heterocycles. The lowest BCUT2D eigenvalue weighted by Gasteiger charge is -2.19. The van der Waals surface area contributed by atoms with Gasteiger partial charge in [0.2, 0.25) is 10.0 Å². The second kappa shape index (κ2) is 8.73. The Kier molecular flexibility index (Phi) is 6.31. The van der Waals surface area contributed by atoms with Crippen LogP contribution in [0.25, 0.3) is 11.1 Å². The molecule has 0 aliphatic heterocycles. The largest absolute Gasteiger partial charge is 0.328 e. The summed E-state index contributed by atoms with van der Waals surface area (Å²) in [7, 11) is -3.88. The maximum absolute atomic E-state index is 12.8. The Bertz CT molecular complexity index is 1090. The van der Waals surface area contributed by atoms with Gasteiger partial charge in [0.15, 0.2) is 9.34 Å². The van der Waals surface area contributed by atoms with Gasteiger partial charge in [-0.1, -0.05) is 60.7 Å². The van der Waals surface area contributed by atoms with Gasteiger partial charge in [-0.25, -0.2) is 23.3 Å². The van der Waals surface area contributed by atoms with Gasteiger partial charge in [-0.05, 0) is 36.6 Å². The topological polar surface area (TPSA) is 105 Å². The first-order valence-corrected chi connectivity index (χ1v) is 11.4. The van der Waals surface area contributed by atoms with Crippen molar-refractivity contribution in [2.75, 3.05) is 16.8 Å². The molecule has 29 heavy (non-hydrogen) atoms. The first kappa shape index (κ1) is 21.0. The predicted octanol–water partition coefficient (Wildman–Crippen LogP) is 4.21. The summed E-state index contributed by atoms with van der Waals surface area (Å²) in [6.07, 6.45) is 0.684. The van der Waals surface area contributed by atoms with Gasteiger partial charge in [-0.15, -0.1) is 0 Å². The van der Waals surface area contributed by atoms with E-state index < -0.39 is 10.0 Å². The highest BCUT2D eigenvalue weighted by atomic mass is 32.2. The first-order chi connectivity index (χ1) is 13.8. The van der Waals surface area contributed by atoms with Gasteiger partial charge in [-0.2, -0.15) is 0 Å². The van der Waals surface area contributed by atoms with Gasteiger partial charge < -0.3 is 5.32 Å². The zero-order valence-electron chi connectivity index (χ0n) is 16.1. The van der Waals surface area contributed by atoms with Crippen LogP contribution in [0.15, 0.2) is 58.8 Å². The van der Waals surface area contributed by atoms with Crippen LogP contribution in [0.5, 0.6) is 0 Å². The van der Waals surface area contributed by atoms with Crippen molar-refractivity contribution in [1.82, 2.24) is 4.98 Å². The van der Waals surface area contributed by atoms with Crippen LogP contribution in [0.2, 0.25) is 0 Å². The predicted molar refractivity (Wildman–Crippen MR) is 117 cm³/mol. The average Bonchev–Trinajstić information content (AvgIpc) is 3.09. The second-order valence-electron chi connectivity index (χ2n) is 6.44. The molecule has 0 aliphatic rings. The summed E-state index contributed by atoms with van der Waals surface area (Å²) in [4.78, 5) is 18.5. The van der Waals surface area contributed by atoms with Crippen molar-refractivity contribution in [3.05, 3.63) is 60.3 Å². The molecule has 0 aliphatic carbocycles. The zero-order chi connectivity index (χ0) is 21.0. The van der Waals surface area contributed by atoms with Crippen LogP contribution in [0.1, 0.15) is 19.0 Å². The molecule has 3 aromatic rings. The molecule has 7 nitrogen and oxygen atoms in total. The molecule has 1 heterocycles. The maximum atomic E-state index is 12.8. The van der Waals surface area contributed by atoms with Crippen molar-refractivity contribution in [3.63, 3.8) is 0 Å². The summed E-state index contributed by atoms with van der Waals surface area (Å²) in [6, 6.07) is 17.1. The summed E-state index contributed by atoms with van der Waals surface area (Å²) in [5, 5.41) is 8.37. The molecule has 2 amide bonds. The van der Waals surface area contributed by atoms with Gasteiger partial charge in [0.1, 0.15) is 0 Å². The number of nitrogens with zero attached hydrogens (tertiary/aromatic N) is 2. The van der Waals surface area contributed by atoms with Crippen LogP contribution in [0, 0.1) is 6.92 Å². The highest BCUT2D eigenvalue weighted by Gasteiger charge is 2.24. The number of carbonyl (C=O) groups is 1. The van der Waals surface area contributed by atoms with Gasteiger partial charge in [-0.3, -0.25) is 4.90 Å². The quantitative estimate of drug-likeness (QED) is 0.611. The number of nitrogens with two attached hydrogens (primary N) is 1. The number of urea groups is 1.